The van der Waals surface area contributed by atoms with Gasteiger partial charge in [0.05, 0.1) is 18.9 Å². The van der Waals surface area contributed by atoms with Crippen molar-refractivity contribution in [1.29, 1.82) is 0 Å². The molecule has 0 bridgehead atoms. The van der Waals surface area contributed by atoms with E-state index in [9.17, 15) is 4.79 Å². The number of hydrogen-bond donors (Lipinski definition) is 1. The maximum absolute atomic E-state index is 12.5. The van der Waals surface area contributed by atoms with Crippen LogP contribution in [0.15, 0.2) is 6.07 Å². The van der Waals surface area contributed by atoms with Gasteiger partial charge in [-0.25, -0.2) is 0 Å². The third kappa shape index (κ3) is 3.03. The molecule has 1 saturated heterocycles. The molecule has 5 heteroatoms. The Labute approximate surface area is 120 Å². The second-order valence-corrected chi connectivity index (χ2v) is 6.58. The highest BCUT2D eigenvalue weighted by molar-refractivity contribution is 5.80. The molecule has 2 heterocycles. The number of aryl methyl sites for hydroxylation is 2. The topological polar surface area (TPSA) is 56.2 Å². The number of aromatic nitrogens is 2. The smallest absolute Gasteiger partial charge is 0.245 e. The van der Waals surface area contributed by atoms with E-state index in [1.165, 1.54) is 0 Å². The van der Waals surface area contributed by atoms with Crippen molar-refractivity contribution in [3.8, 4) is 0 Å². The normalized spacial score (nSPS) is 18.7. The van der Waals surface area contributed by atoms with Gasteiger partial charge in [-0.15, -0.1) is 0 Å². The lowest BCUT2D eigenvalue weighted by Gasteiger charge is -2.38. The molecule has 1 unspecified atom stereocenters. The summed E-state index contributed by atoms with van der Waals surface area (Å²) in [4.78, 5) is 12.5. The van der Waals surface area contributed by atoms with E-state index >= 15 is 0 Å². The van der Waals surface area contributed by atoms with Gasteiger partial charge in [-0.3, -0.25) is 9.48 Å². The lowest BCUT2D eigenvalue weighted by atomic mass is 9.88. The van der Waals surface area contributed by atoms with Crippen molar-refractivity contribution in [1.82, 2.24) is 15.1 Å². The molecule has 112 valence electrons. The first-order valence-corrected chi connectivity index (χ1v) is 7.21. The Morgan fingerprint density at radius 2 is 2.15 bits per heavy atom. The second-order valence-electron chi connectivity index (χ2n) is 6.58. The van der Waals surface area contributed by atoms with Gasteiger partial charge in [0.25, 0.3) is 0 Å². The number of ether oxygens (including phenoxy) is 1. The average Bonchev–Trinajstić information content (AvgIpc) is 2.63. The fourth-order valence-electron chi connectivity index (χ4n) is 2.58. The molecule has 1 fully saturated rings. The van der Waals surface area contributed by atoms with E-state index in [4.69, 9.17) is 4.74 Å². The summed E-state index contributed by atoms with van der Waals surface area (Å²) in [5, 5.41) is 7.52. The molecule has 0 saturated carbocycles. The summed E-state index contributed by atoms with van der Waals surface area (Å²) in [5.41, 5.74) is 2.06. The molecule has 1 amide bonds. The van der Waals surface area contributed by atoms with Crippen molar-refractivity contribution in [2.24, 2.45) is 11.3 Å². The number of nitrogens with zero attached hydrogens (tertiary/aromatic N) is 2. The molecule has 1 atom stereocenters. The Morgan fingerprint density at radius 3 is 2.55 bits per heavy atom. The standard InChI is InChI=1S/C15H25N3O2/c1-10(2)13(18-12(4)6-11(3)17-18)14(19)16-7-15(5)8-20-9-15/h6,10,13H,7-9H2,1-5H3,(H,16,19). The molecule has 0 spiro atoms. The lowest BCUT2D eigenvalue weighted by molar-refractivity contribution is -0.131. The Hall–Kier alpha value is -1.36. The average molecular weight is 279 g/mol. The monoisotopic (exact) mass is 279 g/mol. The van der Waals surface area contributed by atoms with Crippen LogP contribution in [0.25, 0.3) is 0 Å². The molecule has 1 aromatic heterocycles. The number of amides is 1. The first-order valence-electron chi connectivity index (χ1n) is 7.21. The maximum atomic E-state index is 12.5. The number of carbonyl (C=O) groups excluding carboxylic acids is 1. The van der Waals surface area contributed by atoms with Crippen LogP contribution in [0.4, 0.5) is 0 Å². The number of rotatable bonds is 5. The van der Waals surface area contributed by atoms with Crippen LogP contribution in [0.2, 0.25) is 0 Å². The van der Waals surface area contributed by atoms with Crippen LogP contribution < -0.4 is 5.32 Å². The van der Waals surface area contributed by atoms with Gasteiger partial charge in [0.2, 0.25) is 5.91 Å². The van der Waals surface area contributed by atoms with Crippen LogP contribution >= 0.6 is 0 Å². The third-order valence-corrected chi connectivity index (χ3v) is 3.80. The Bertz CT molecular complexity index is 489. The van der Waals surface area contributed by atoms with Crippen molar-refractivity contribution in [2.75, 3.05) is 19.8 Å². The number of nitrogens with one attached hydrogen (secondary N) is 1. The van der Waals surface area contributed by atoms with E-state index in [1.54, 1.807) is 0 Å². The Balaban J connectivity index is 2.08. The van der Waals surface area contributed by atoms with Gasteiger partial charge < -0.3 is 10.1 Å². The summed E-state index contributed by atoms with van der Waals surface area (Å²) < 4.78 is 7.06. The molecule has 0 aromatic carbocycles. The van der Waals surface area contributed by atoms with Crippen LogP contribution in [0.5, 0.6) is 0 Å². The number of hydrogen-bond acceptors (Lipinski definition) is 3. The predicted octanol–water partition coefficient (Wildman–Crippen LogP) is 1.85. The van der Waals surface area contributed by atoms with Gasteiger partial charge in [-0.2, -0.15) is 5.10 Å². The van der Waals surface area contributed by atoms with Crippen molar-refractivity contribution < 1.29 is 9.53 Å². The highest BCUT2D eigenvalue weighted by Gasteiger charge is 2.35. The quantitative estimate of drug-likeness (QED) is 0.895. The molecule has 0 radical (unpaired) electrons. The number of carbonyl (C=O) groups is 1. The molecule has 1 aliphatic rings. The van der Waals surface area contributed by atoms with E-state index in [2.05, 4.69) is 31.2 Å². The minimum atomic E-state index is -0.256. The van der Waals surface area contributed by atoms with Crippen LogP contribution in [0, 0.1) is 25.2 Å². The first kappa shape index (κ1) is 15.0. The first-order chi connectivity index (χ1) is 9.32. The van der Waals surface area contributed by atoms with Crippen LogP contribution in [-0.2, 0) is 9.53 Å². The minimum absolute atomic E-state index is 0.0410. The lowest BCUT2D eigenvalue weighted by Crippen LogP contribution is -2.50. The van der Waals surface area contributed by atoms with Crippen LogP contribution in [0.1, 0.15) is 38.2 Å². The summed E-state index contributed by atoms with van der Waals surface area (Å²) in [6.07, 6.45) is 0. The van der Waals surface area contributed by atoms with Crippen molar-refractivity contribution in [3.05, 3.63) is 17.5 Å². The molecular formula is C15H25N3O2. The van der Waals surface area contributed by atoms with E-state index in [-0.39, 0.29) is 23.3 Å². The highest BCUT2D eigenvalue weighted by Crippen LogP contribution is 2.26. The van der Waals surface area contributed by atoms with Gasteiger partial charge in [0.1, 0.15) is 6.04 Å². The maximum Gasteiger partial charge on any atom is 0.245 e. The summed E-state index contributed by atoms with van der Waals surface area (Å²) in [5.74, 6) is 0.234. The van der Waals surface area contributed by atoms with Gasteiger partial charge >= 0.3 is 0 Å². The van der Waals surface area contributed by atoms with E-state index in [1.807, 2.05) is 24.6 Å². The summed E-state index contributed by atoms with van der Waals surface area (Å²) in [6.45, 7) is 12.3. The van der Waals surface area contributed by atoms with E-state index in [0.29, 0.717) is 6.54 Å². The molecule has 0 aliphatic carbocycles. The fraction of sp³-hybridized carbons (Fsp3) is 0.733. The summed E-state index contributed by atoms with van der Waals surface area (Å²) in [7, 11) is 0. The minimum Gasteiger partial charge on any atom is -0.380 e. The van der Waals surface area contributed by atoms with E-state index < -0.39 is 0 Å². The van der Waals surface area contributed by atoms with Crippen molar-refractivity contribution >= 4 is 5.91 Å². The molecule has 2 rings (SSSR count). The van der Waals surface area contributed by atoms with E-state index in [0.717, 1.165) is 24.6 Å². The molecule has 1 aliphatic heterocycles. The SMILES string of the molecule is Cc1cc(C)n(C(C(=O)NCC2(C)COC2)C(C)C)n1. The second kappa shape index (κ2) is 5.56. The van der Waals surface area contributed by atoms with Gasteiger partial charge in [0, 0.05) is 17.7 Å². The third-order valence-electron chi connectivity index (χ3n) is 3.80. The highest BCUT2D eigenvalue weighted by atomic mass is 16.5. The predicted molar refractivity (Wildman–Crippen MR) is 77.5 cm³/mol. The Morgan fingerprint density at radius 1 is 1.50 bits per heavy atom. The summed E-state index contributed by atoms with van der Waals surface area (Å²) in [6, 6.07) is 1.75. The zero-order valence-corrected chi connectivity index (χ0v) is 13.1. The largest absolute Gasteiger partial charge is 0.380 e. The molecule has 1 N–H and O–H groups in total. The zero-order valence-electron chi connectivity index (χ0n) is 13.1. The molecule has 5 nitrogen and oxygen atoms in total. The molecule has 1 aromatic rings. The van der Waals surface area contributed by atoms with Crippen LogP contribution in [0.3, 0.4) is 0 Å². The van der Waals surface area contributed by atoms with Gasteiger partial charge in [0.15, 0.2) is 0 Å². The van der Waals surface area contributed by atoms with Crippen molar-refractivity contribution in [3.63, 3.8) is 0 Å². The Kier molecular flexibility index (Phi) is 4.18. The summed E-state index contributed by atoms with van der Waals surface area (Å²) >= 11 is 0. The molecule has 20 heavy (non-hydrogen) atoms. The molecular weight excluding hydrogens is 254 g/mol. The van der Waals surface area contributed by atoms with Gasteiger partial charge in [-0.05, 0) is 25.8 Å². The van der Waals surface area contributed by atoms with Crippen LogP contribution in [-0.4, -0.2) is 35.4 Å². The zero-order chi connectivity index (χ0) is 14.9. The fourth-order valence-corrected chi connectivity index (χ4v) is 2.58. The van der Waals surface area contributed by atoms with Crippen molar-refractivity contribution in [2.45, 2.75) is 40.7 Å². The van der Waals surface area contributed by atoms with Gasteiger partial charge in [-0.1, -0.05) is 20.8 Å².